The summed E-state index contributed by atoms with van der Waals surface area (Å²) in [5.74, 6) is 4.55. The zero-order chi connectivity index (χ0) is 17.2. The highest BCUT2D eigenvalue weighted by Crippen LogP contribution is 2.01. The Bertz CT molecular complexity index is 763. The zero-order valence-electron chi connectivity index (χ0n) is 12.9. The first-order chi connectivity index (χ1) is 11.6. The maximum Gasteiger partial charge on any atom is 0.407 e. The van der Waals surface area contributed by atoms with E-state index in [1.807, 2.05) is 30.3 Å². The van der Waals surface area contributed by atoms with E-state index in [1.165, 1.54) is 18.3 Å². The molecule has 6 nitrogen and oxygen atoms in total. The Morgan fingerprint density at radius 1 is 1.21 bits per heavy atom. The highest BCUT2D eigenvalue weighted by Gasteiger charge is 2.02. The van der Waals surface area contributed by atoms with Crippen molar-refractivity contribution in [3.05, 3.63) is 65.5 Å². The van der Waals surface area contributed by atoms with Gasteiger partial charge in [-0.2, -0.15) is 0 Å². The van der Waals surface area contributed by atoms with Crippen molar-refractivity contribution in [1.82, 2.24) is 10.3 Å². The summed E-state index contributed by atoms with van der Waals surface area (Å²) in [5.41, 5.74) is 1.43. The molecule has 0 aliphatic rings. The number of aromatic nitrogens is 1. The molecule has 1 amide bonds. The van der Waals surface area contributed by atoms with E-state index >= 15 is 0 Å². The van der Waals surface area contributed by atoms with Crippen LogP contribution in [0.2, 0.25) is 0 Å². The van der Waals surface area contributed by atoms with Crippen LogP contribution in [-0.2, 0) is 11.3 Å². The Labute approximate surface area is 139 Å². The number of benzene rings is 1. The van der Waals surface area contributed by atoms with Crippen LogP contribution in [0, 0.1) is 11.8 Å². The van der Waals surface area contributed by atoms with Crippen LogP contribution in [0.25, 0.3) is 0 Å². The molecule has 6 heteroatoms. The van der Waals surface area contributed by atoms with E-state index in [2.05, 4.69) is 22.1 Å². The molecule has 0 bridgehead atoms. The summed E-state index contributed by atoms with van der Waals surface area (Å²) >= 11 is 0. The van der Waals surface area contributed by atoms with E-state index in [-0.39, 0.29) is 12.2 Å². The van der Waals surface area contributed by atoms with Gasteiger partial charge >= 0.3 is 12.1 Å². The van der Waals surface area contributed by atoms with Crippen LogP contribution in [0.3, 0.4) is 0 Å². The van der Waals surface area contributed by atoms with Crippen LogP contribution in [-0.4, -0.2) is 28.7 Å². The van der Waals surface area contributed by atoms with Crippen LogP contribution in [0.4, 0.5) is 4.79 Å². The van der Waals surface area contributed by atoms with Crippen molar-refractivity contribution in [2.45, 2.75) is 13.0 Å². The molecule has 122 valence electrons. The zero-order valence-corrected chi connectivity index (χ0v) is 12.9. The lowest BCUT2D eigenvalue weighted by Crippen LogP contribution is -2.24. The average molecular weight is 324 g/mol. The van der Waals surface area contributed by atoms with E-state index in [1.54, 1.807) is 0 Å². The molecule has 2 rings (SSSR count). The SMILES string of the molecule is O=C(NCCC#Cc1cc(C(=O)O)ccn1)OCc1ccccc1. The number of amides is 1. The van der Waals surface area contributed by atoms with Gasteiger partial charge in [-0.3, -0.25) is 0 Å². The number of hydrogen-bond acceptors (Lipinski definition) is 4. The van der Waals surface area contributed by atoms with E-state index in [4.69, 9.17) is 9.84 Å². The van der Waals surface area contributed by atoms with Gasteiger partial charge in [0.25, 0.3) is 0 Å². The molecule has 1 heterocycles. The minimum Gasteiger partial charge on any atom is -0.478 e. The molecule has 0 atom stereocenters. The highest BCUT2D eigenvalue weighted by atomic mass is 16.5. The molecule has 0 aliphatic heterocycles. The lowest BCUT2D eigenvalue weighted by molar-refractivity contribution is 0.0696. The molecule has 2 aromatic rings. The summed E-state index contributed by atoms with van der Waals surface area (Å²) < 4.78 is 5.06. The quantitative estimate of drug-likeness (QED) is 0.651. The number of nitrogens with one attached hydrogen (secondary N) is 1. The van der Waals surface area contributed by atoms with Gasteiger partial charge in [0.15, 0.2) is 0 Å². The highest BCUT2D eigenvalue weighted by molar-refractivity contribution is 5.87. The third kappa shape index (κ3) is 5.81. The molecule has 0 radical (unpaired) electrons. The number of carboxylic acid groups (broad SMARTS) is 1. The normalized spacial score (nSPS) is 9.50. The van der Waals surface area contributed by atoms with Crippen LogP contribution in [0.15, 0.2) is 48.7 Å². The molecule has 0 saturated heterocycles. The first-order valence-electron chi connectivity index (χ1n) is 7.28. The first-order valence-corrected chi connectivity index (χ1v) is 7.28. The molecular formula is C18H16N2O4. The third-order valence-corrected chi connectivity index (χ3v) is 2.96. The number of aromatic carboxylic acids is 1. The largest absolute Gasteiger partial charge is 0.478 e. The molecule has 0 spiro atoms. The number of ether oxygens (including phenoxy) is 1. The lowest BCUT2D eigenvalue weighted by Gasteiger charge is -2.05. The summed E-state index contributed by atoms with van der Waals surface area (Å²) in [7, 11) is 0. The standard InChI is InChI=1S/C18H16N2O4/c21-17(22)15-9-11-19-16(12-15)8-4-5-10-20-18(23)24-13-14-6-2-1-3-7-14/h1-3,6-7,9,11-12H,5,10,13H2,(H,20,23)(H,21,22). The van der Waals surface area contributed by atoms with Crippen LogP contribution >= 0.6 is 0 Å². The minimum absolute atomic E-state index is 0.136. The van der Waals surface area contributed by atoms with Crippen molar-refractivity contribution in [3.8, 4) is 11.8 Å². The van der Waals surface area contributed by atoms with Crippen molar-refractivity contribution in [1.29, 1.82) is 0 Å². The molecule has 0 saturated carbocycles. The van der Waals surface area contributed by atoms with Gasteiger partial charge < -0.3 is 15.2 Å². The number of rotatable bonds is 5. The van der Waals surface area contributed by atoms with Gasteiger partial charge in [-0.1, -0.05) is 36.3 Å². The van der Waals surface area contributed by atoms with Crippen LogP contribution in [0.1, 0.15) is 28.0 Å². The fourth-order valence-corrected chi connectivity index (χ4v) is 1.79. The van der Waals surface area contributed by atoms with Gasteiger partial charge in [0, 0.05) is 19.2 Å². The Morgan fingerprint density at radius 2 is 2.00 bits per heavy atom. The Hall–Kier alpha value is -3.33. The molecular weight excluding hydrogens is 308 g/mol. The molecule has 2 N–H and O–H groups in total. The monoisotopic (exact) mass is 324 g/mol. The predicted octanol–water partition coefficient (Wildman–Crippen LogP) is 2.45. The number of nitrogens with zero attached hydrogens (tertiary/aromatic N) is 1. The van der Waals surface area contributed by atoms with Crippen molar-refractivity contribution < 1.29 is 19.4 Å². The van der Waals surface area contributed by atoms with Gasteiger partial charge in [0.2, 0.25) is 0 Å². The van der Waals surface area contributed by atoms with Gasteiger partial charge in [-0.15, -0.1) is 0 Å². The summed E-state index contributed by atoms with van der Waals surface area (Å²) in [4.78, 5) is 26.3. The van der Waals surface area contributed by atoms with Crippen molar-refractivity contribution in [2.24, 2.45) is 0 Å². The summed E-state index contributed by atoms with van der Waals surface area (Å²) in [6.07, 6.45) is 1.29. The number of pyridine rings is 1. The van der Waals surface area contributed by atoms with Crippen molar-refractivity contribution >= 4 is 12.1 Å². The second-order valence-corrected chi connectivity index (χ2v) is 4.78. The summed E-state index contributed by atoms with van der Waals surface area (Å²) in [5, 5.41) is 11.5. The number of hydrogen-bond donors (Lipinski definition) is 2. The Kier molecular flexibility index (Phi) is 6.35. The number of carbonyl (C=O) groups is 2. The molecule has 0 fully saturated rings. The fourth-order valence-electron chi connectivity index (χ4n) is 1.79. The van der Waals surface area contributed by atoms with Crippen molar-refractivity contribution in [2.75, 3.05) is 6.54 Å². The number of carboxylic acids is 1. The van der Waals surface area contributed by atoms with Crippen molar-refractivity contribution in [3.63, 3.8) is 0 Å². The fraction of sp³-hybridized carbons (Fsp3) is 0.167. The predicted molar refractivity (Wildman–Crippen MR) is 87.3 cm³/mol. The van der Waals surface area contributed by atoms with Gasteiger partial charge in [-0.05, 0) is 23.6 Å². The average Bonchev–Trinajstić information content (AvgIpc) is 2.61. The Balaban J connectivity index is 1.70. The van der Waals surface area contributed by atoms with E-state index in [0.29, 0.717) is 18.7 Å². The smallest absolute Gasteiger partial charge is 0.407 e. The second-order valence-electron chi connectivity index (χ2n) is 4.78. The van der Waals surface area contributed by atoms with Gasteiger partial charge in [0.05, 0.1) is 5.56 Å². The minimum atomic E-state index is -1.02. The lowest BCUT2D eigenvalue weighted by atomic mass is 10.2. The topological polar surface area (TPSA) is 88.5 Å². The van der Waals surface area contributed by atoms with E-state index in [9.17, 15) is 9.59 Å². The van der Waals surface area contributed by atoms with E-state index in [0.717, 1.165) is 5.56 Å². The first kappa shape index (κ1) is 17.0. The van der Waals surface area contributed by atoms with Crippen LogP contribution in [0.5, 0.6) is 0 Å². The number of carbonyl (C=O) groups excluding carboxylic acids is 1. The molecule has 24 heavy (non-hydrogen) atoms. The van der Waals surface area contributed by atoms with E-state index < -0.39 is 12.1 Å². The summed E-state index contributed by atoms with van der Waals surface area (Å²) in [6, 6.07) is 12.2. The molecule has 0 unspecified atom stereocenters. The molecule has 0 aliphatic carbocycles. The molecule has 1 aromatic carbocycles. The maximum absolute atomic E-state index is 11.5. The number of alkyl carbamates (subject to hydrolysis) is 1. The van der Waals surface area contributed by atoms with Gasteiger partial charge in [-0.25, -0.2) is 14.6 Å². The summed E-state index contributed by atoms with van der Waals surface area (Å²) in [6.45, 7) is 0.545. The maximum atomic E-state index is 11.5. The Morgan fingerprint density at radius 3 is 2.75 bits per heavy atom. The second kappa shape index (κ2) is 8.96. The third-order valence-electron chi connectivity index (χ3n) is 2.96. The molecule has 1 aromatic heterocycles. The van der Waals surface area contributed by atoms with Crippen LogP contribution < -0.4 is 5.32 Å². The van der Waals surface area contributed by atoms with Gasteiger partial charge in [0.1, 0.15) is 12.3 Å².